The molecule has 2 heterocycles. The van der Waals surface area contributed by atoms with Crippen molar-refractivity contribution in [1.29, 1.82) is 0 Å². The first-order valence-corrected chi connectivity index (χ1v) is 8.58. The van der Waals surface area contributed by atoms with Gasteiger partial charge in [0.1, 0.15) is 11.3 Å². The molecule has 0 unspecified atom stereocenters. The highest BCUT2D eigenvalue weighted by molar-refractivity contribution is 6.30. The van der Waals surface area contributed by atoms with Gasteiger partial charge >= 0.3 is 0 Å². The highest BCUT2D eigenvalue weighted by Gasteiger charge is 2.18. The van der Waals surface area contributed by atoms with Crippen LogP contribution in [0.5, 0.6) is 0 Å². The van der Waals surface area contributed by atoms with E-state index in [1.807, 2.05) is 32.1 Å². The molecule has 0 spiro atoms. The zero-order chi connectivity index (χ0) is 18.8. The predicted molar refractivity (Wildman–Crippen MR) is 105 cm³/mol. The number of hydrogen-bond acceptors (Lipinski definition) is 2. The molecule has 2 aromatic heterocycles. The number of fused-ring (bicyclic) bond motifs is 1. The Morgan fingerprint density at radius 1 is 1.36 bits per heavy atom. The molecule has 5 heteroatoms. The van der Waals surface area contributed by atoms with Gasteiger partial charge in [-0.25, -0.2) is 4.98 Å². The molecule has 0 bridgehead atoms. The SMILES string of the molecule is C#C.C/C=C(\C=C/CC)CNC(=O)c1c(CC)nc2ccc(Cl)cn12. The normalized spacial score (nSPS) is 11.4. The number of allylic oxidation sites excluding steroid dienone is 2. The van der Waals surface area contributed by atoms with Crippen LogP contribution >= 0.6 is 11.6 Å². The lowest BCUT2D eigenvalue weighted by atomic mass is 10.2. The number of aromatic nitrogens is 2. The van der Waals surface area contributed by atoms with Gasteiger partial charge in [0.2, 0.25) is 0 Å². The molecule has 0 aliphatic rings. The lowest BCUT2D eigenvalue weighted by Gasteiger charge is -2.07. The smallest absolute Gasteiger partial charge is 0.270 e. The van der Waals surface area contributed by atoms with E-state index in [4.69, 9.17) is 11.6 Å². The summed E-state index contributed by atoms with van der Waals surface area (Å²) in [7, 11) is 0. The maximum Gasteiger partial charge on any atom is 0.270 e. The molecule has 0 radical (unpaired) electrons. The lowest BCUT2D eigenvalue weighted by Crippen LogP contribution is -2.27. The number of halogens is 1. The highest BCUT2D eigenvalue weighted by atomic mass is 35.5. The Kier molecular flexibility index (Phi) is 8.52. The number of imidazole rings is 1. The zero-order valence-corrected chi connectivity index (χ0v) is 15.7. The van der Waals surface area contributed by atoms with Gasteiger partial charge in [0.25, 0.3) is 5.91 Å². The molecule has 0 fully saturated rings. The van der Waals surface area contributed by atoms with E-state index in [-0.39, 0.29) is 5.91 Å². The summed E-state index contributed by atoms with van der Waals surface area (Å²) in [6.07, 6.45) is 17.5. The highest BCUT2D eigenvalue weighted by Crippen LogP contribution is 2.17. The molecule has 1 amide bonds. The summed E-state index contributed by atoms with van der Waals surface area (Å²) in [4.78, 5) is 17.1. The van der Waals surface area contributed by atoms with E-state index < -0.39 is 0 Å². The van der Waals surface area contributed by atoms with Gasteiger partial charge in [0, 0.05) is 12.7 Å². The maximum absolute atomic E-state index is 12.6. The van der Waals surface area contributed by atoms with E-state index in [1.54, 1.807) is 16.7 Å². The summed E-state index contributed by atoms with van der Waals surface area (Å²) < 4.78 is 1.76. The van der Waals surface area contributed by atoms with E-state index in [1.165, 1.54) is 0 Å². The van der Waals surface area contributed by atoms with Crippen LogP contribution < -0.4 is 5.32 Å². The van der Waals surface area contributed by atoms with E-state index in [0.717, 1.165) is 23.3 Å². The van der Waals surface area contributed by atoms with Gasteiger partial charge in [-0.3, -0.25) is 9.20 Å². The molecule has 0 aliphatic heterocycles. The van der Waals surface area contributed by atoms with E-state index >= 15 is 0 Å². The molecule has 0 saturated carbocycles. The Balaban J connectivity index is 0.00000151. The fraction of sp³-hybridized carbons (Fsp3) is 0.300. The Hall–Kier alpha value is -2.51. The van der Waals surface area contributed by atoms with Gasteiger partial charge < -0.3 is 5.32 Å². The molecular formula is C20H24ClN3O. The number of amides is 1. The Labute approximate surface area is 154 Å². The van der Waals surface area contributed by atoms with Gasteiger partial charge in [-0.1, -0.05) is 43.7 Å². The number of nitrogens with one attached hydrogen (secondary N) is 1. The van der Waals surface area contributed by atoms with E-state index in [0.29, 0.717) is 23.7 Å². The average molecular weight is 358 g/mol. The van der Waals surface area contributed by atoms with Gasteiger partial charge in [0.15, 0.2) is 0 Å². The van der Waals surface area contributed by atoms with E-state index in [9.17, 15) is 4.79 Å². The van der Waals surface area contributed by atoms with Crippen LogP contribution in [0, 0.1) is 12.8 Å². The summed E-state index contributed by atoms with van der Waals surface area (Å²) in [6, 6.07) is 3.60. The third-order valence-electron chi connectivity index (χ3n) is 3.60. The summed E-state index contributed by atoms with van der Waals surface area (Å²) in [5, 5.41) is 3.54. The number of rotatable bonds is 6. The van der Waals surface area contributed by atoms with Crippen molar-refractivity contribution in [2.24, 2.45) is 0 Å². The first-order chi connectivity index (χ1) is 12.1. The van der Waals surface area contributed by atoms with Crippen LogP contribution in [0.25, 0.3) is 5.65 Å². The van der Waals surface area contributed by atoms with Crippen molar-refractivity contribution in [3.05, 3.63) is 58.5 Å². The van der Waals surface area contributed by atoms with Crippen molar-refractivity contribution in [2.75, 3.05) is 6.54 Å². The van der Waals surface area contributed by atoms with E-state index in [2.05, 4.69) is 36.1 Å². The van der Waals surface area contributed by atoms with Crippen molar-refractivity contribution >= 4 is 23.2 Å². The lowest BCUT2D eigenvalue weighted by molar-refractivity contribution is 0.0950. The molecule has 0 atom stereocenters. The van der Waals surface area contributed by atoms with Gasteiger partial charge in [-0.15, -0.1) is 12.8 Å². The fourth-order valence-electron chi connectivity index (χ4n) is 2.35. The zero-order valence-electron chi connectivity index (χ0n) is 14.9. The van der Waals surface area contributed by atoms with Gasteiger partial charge in [0.05, 0.1) is 10.7 Å². The largest absolute Gasteiger partial charge is 0.347 e. The number of carbonyl (C=O) groups is 1. The molecule has 2 aromatic rings. The molecular weight excluding hydrogens is 334 g/mol. The second-order valence-corrected chi connectivity index (χ2v) is 5.63. The third-order valence-corrected chi connectivity index (χ3v) is 3.82. The van der Waals surface area contributed by atoms with Crippen LogP contribution in [-0.2, 0) is 6.42 Å². The topological polar surface area (TPSA) is 46.4 Å². The third kappa shape index (κ3) is 5.23. The van der Waals surface area contributed by atoms with Crippen molar-refractivity contribution in [3.8, 4) is 12.8 Å². The van der Waals surface area contributed by atoms with Crippen LogP contribution in [0.3, 0.4) is 0 Å². The number of nitrogens with zero attached hydrogens (tertiary/aromatic N) is 2. The summed E-state index contributed by atoms with van der Waals surface area (Å²) in [5.41, 5.74) is 3.13. The average Bonchev–Trinajstić information content (AvgIpc) is 3.01. The number of carbonyl (C=O) groups excluding carboxylic acids is 1. The number of aryl methyl sites for hydroxylation is 1. The number of terminal acetylenes is 1. The fourth-order valence-corrected chi connectivity index (χ4v) is 2.51. The molecule has 4 nitrogen and oxygen atoms in total. The minimum atomic E-state index is -0.138. The molecule has 132 valence electrons. The van der Waals surface area contributed by atoms with Crippen LogP contribution in [0.4, 0.5) is 0 Å². The maximum atomic E-state index is 12.6. The molecule has 1 N–H and O–H groups in total. The number of pyridine rings is 1. The summed E-state index contributed by atoms with van der Waals surface area (Å²) >= 11 is 6.06. The van der Waals surface area contributed by atoms with Crippen molar-refractivity contribution in [3.63, 3.8) is 0 Å². The van der Waals surface area contributed by atoms with Crippen molar-refractivity contribution in [2.45, 2.75) is 33.6 Å². The first kappa shape index (κ1) is 20.5. The molecule has 0 saturated heterocycles. The van der Waals surface area contributed by atoms with Crippen molar-refractivity contribution in [1.82, 2.24) is 14.7 Å². The van der Waals surface area contributed by atoms with Crippen LogP contribution in [0.15, 0.2) is 42.1 Å². The minimum absolute atomic E-state index is 0.138. The molecule has 25 heavy (non-hydrogen) atoms. The summed E-state index contributed by atoms with van der Waals surface area (Å²) in [6.45, 7) is 6.52. The molecule has 2 rings (SSSR count). The second kappa shape index (κ2) is 10.4. The molecule has 0 aromatic carbocycles. The first-order valence-electron chi connectivity index (χ1n) is 8.20. The molecule has 0 aliphatic carbocycles. The van der Waals surface area contributed by atoms with Crippen LogP contribution in [0.1, 0.15) is 43.4 Å². The van der Waals surface area contributed by atoms with Crippen molar-refractivity contribution < 1.29 is 4.79 Å². The van der Waals surface area contributed by atoms with Crippen LogP contribution in [-0.4, -0.2) is 21.8 Å². The monoisotopic (exact) mass is 357 g/mol. The quantitative estimate of drug-likeness (QED) is 0.613. The Morgan fingerprint density at radius 2 is 2.08 bits per heavy atom. The second-order valence-electron chi connectivity index (χ2n) is 5.19. The number of hydrogen-bond donors (Lipinski definition) is 1. The van der Waals surface area contributed by atoms with Crippen LogP contribution in [0.2, 0.25) is 5.02 Å². The predicted octanol–water partition coefficient (Wildman–Crippen LogP) is 4.44. The van der Waals surface area contributed by atoms with Gasteiger partial charge in [-0.05, 0) is 37.5 Å². The standard InChI is InChI=1S/C18H22ClN3O.C2H2/c1-4-7-8-13(5-2)11-20-18(23)17-15(6-3)21-16-10-9-14(19)12-22(16)17;1-2/h5,7-10,12H,4,6,11H2,1-3H3,(H,20,23);1-2H/b8-7-,13-5+;. The Bertz CT molecular complexity index is 800. The minimum Gasteiger partial charge on any atom is -0.347 e. The van der Waals surface area contributed by atoms with Gasteiger partial charge in [-0.2, -0.15) is 0 Å². The Morgan fingerprint density at radius 3 is 2.68 bits per heavy atom. The summed E-state index contributed by atoms with van der Waals surface area (Å²) in [5.74, 6) is -0.138.